The first-order valence-corrected chi connectivity index (χ1v) is 5.47. The fourth-order valence-electron chi connectivity index (χ4n) is 2.41. The summed E-state index contributed by atoms with van der Waals surface area (Å²) in [7, 11) is 0. The van der Waals surface area contributed by atoms with Crippen LogP contribution in [0.4, 0.5) is 0 Å². The number of ether oxygens (including phenoxy) is 1. The zero-order chi connectivity index (χ0) is 10.1. The third-order valence-corrected chi connectivity index (χ3v) is 3.32. The minimum absolute atomic E-state index is 0.438. The van der Waals surface area contributed by atoms with E-state index in [0.29, 0.717) is 10.8 Å². The number of rotatable bonds is 3. The summed E-state index contributed by atoms with van der Waals surface area (Å²) >= 11 is 0. The first-order chi connectivity index (χ1) is 5.90. The highest BCUT2D eigenvalue weighted by Gasteiger charge is 2.44. The molecule has 1 saturated heterocycles. The Morgan fingerprint density at radius 2 is 1.85 bits per heavy atom. The van der Waals surface area contributed by atoms with Gasteiger partial charge in [0.15, 0.2) is 0 Å². The highest BCUT2D eigenvalue weighted by molar-refractivity contribution is 4.92. The molecular formula is C12H24O. The van der Waals surface area contributed by atoms with Crippen molar-refractivity contribution in [2.24, 2.45) is 16.7 Å². The van der Waals surface area contributed by atoms with E-state index in [1.165, 1.54) is 12.8 Å². The fourth-order valence-corrected chi connectivity index (χ4v) is 2.41. The van der Waals surface area contributed by atoms with E-state index in [0.717, 1.165) is 19.1 Å². The summed E-state index contributed by atoms with van der Waals surface area (Å²) < 4.78 is 5.41. The van der Waals surface area contributed by atoms with Crippen LogP contribution in [0, 0.1) is 16.7 Å². The third-order valence-electron chi connectivity index (χ3n) is 3.32. The first kappa shape index (κ1) is 11.0. The fraction of sp³-hybridized carbons (Fsp3) is 1.00. The Morgan fingerprint density at radius 1 is 1.31 bits per heavy atom. The second-order valence-corrected chi connectivity index (χ2v) is 5.90. The summed E-state index contributed by atoms with van der Waals surface area (Å²) in [5.41, 5.74) is 0.931. The molecule has 1 heteroatoms. The van der Waals surface area contributed by atoms with E-state index in [9.17, 15) is 0 Å². The summed E-state index contributed by atoms with van der Waals surface area (Å²) in [4.78, 5) is 0. The van der Waals surface area contributed by atoms with E-state index < -0.39 is 0 Å². The van der Waals surface area contributed by atoms with Gasteiger partial charge >= 0.3 is 0 Å². The predicted molar refractivity (Wildman–Crippen MR) is 56.8 cm³/mol. The number of hydrogen-bond donors (Lipinski definition) is 0. The van der Waals surface area contributed by atoms with Crippen LogP contribution >= 0.6 is 0 Å². The molecule has 1 atom stereocenters. The van der Waals surface area contributed by atoms with E-state index >= 15 is 0 Å². The molecule has 0 amide bonds. The maximum Gasteiger partial charge on any atom is 0.0547 e. The summed E-state index contributed by atoms with van der Waals surface area (Å²) in [5, 5.41) is 0. The second-order valence-electron chi connectivity index (χ2n) is 5.90. The SMILES string of the molecule is CCC(C)C1(CC(C)(C)C)COC1. The summed E-state index contributed by atoms with van der Waals surface area (Å²) in [6.45, 7) is 13.6. The van der Waals surface area contributed by atoms with E-state index in [1.807, 2.05) is 0 Å². The Kier molecular flexibility index (Phi) is 3.06. The van der Waals surface area contributed by atoms with Gasteiger partial charge in [0, 0.05) is 5.41 Å². The Labute approximate surface area is 82.9 Å². The van der Waals surface area contributed by atoms with Gasteiger partial charge in [-0.2, -0.15) is 0 Å². The van der Waals surface area contributed by atoms with Crippen LogP contribution in [0.1, 0.15) is 47.5 Å². The standard InChI is InChI=1S/C12H24O/c1-6-10(2)12(8-13-9-12)7-11(3,4)5/h10H,6-9H2,1-5H3. The zero-order valence-electron chi connectivity index (χ0n) is 9.81. The van der Waals surface area contributed by atoms with Crippen LogP contribution in [0.5, 0.6) is 0 Å². The largest absolute Gasteiger partial charge is 0.380 e. The summed E-state index contributed by atoms with van der Waals surface area (Å²) in [5.74, 6) is 0.806. The highest BCUT2D eigenvalue weighted by Crippen LogP contribution is 2.46. The van der Waals surface area contributed by atoms with Crippen molar-refractivity contribution in [1.82, 2.24) is 0 Å². The minimum atomic E-state index is 0.438. The Hall–Kier alpha value is -0.0400. The van der Waals surface area contributed by atoms with Gasteiger partial charge in [-0.05, 0) is 17.8 Å². The van der Waals surface area contributed by atoms with E-state index in [1.54, 1.807) is 0 Å². The third kappa shape index (κ3) is 2.46. The summed E-state index contributed by atoms with van der Waals surface area (Å²) in [6.07, 6.45) is 2.58. The van der Waals surface area contributed by atoms with Crippen LogP contribution < -0.4 is 0 Å². The molecule has 1 aliphatic heterocycles. The molecule has 78 valence electrons. The Bertz CT molecular complexity index is 162. The predicted octanol–water partition coefficient (Wildman–Crippen LogP) is 3.49. The highest BCUT2D eigenvalue weighted by atomic mass is 16.5. The molecule has 0 spiro atoms. The Morgan fingerprint density at radius 3 is 2.08 bits per heavy atom. The van der Waals surface area contributed by atoms with Gasteiger partial charge in [0.1, 0.15) is 0 Å². The zero-order valence-corrected chi connectivity index (χ0v) is 9.81. The second kappa shape index (κ2) is 3.61. The molecule has 1 fully saturated rings. The minimum Gasteiger partial charge on any atom is -0.380 e. The normalized spacial score (nSPS) is 23.8. The lowest BCUT2D eigenvalue weighted by Crippen LogP contribution is -2.49. The van der Waals surface area contributed by atoms with Crippen molar-refractivity contribution in [3.05, 3.63) is 0 Å². The van der Waals surface area contributed by atoms with Crippen molar-refractivity contribution < 1.29 is 4.74 Å². The van der Waals surface area contributed by atoms with Gasteiger partial charge in [0.05, 0.1) is 13.2 Å². The van der Waals surface area contributed by atoms with Gasteiger partial charge in [-0.3, -0.25) is 0 Å². The average molecular weight is 184 g/mol. The molecule has 1 unspecified atom stereocenters. The lowest BCUT2D eigenvalue weighted by molar-refractivity contribution is -0.160. The molecule has 1 aliphatic rings. The van der Waals surface area contributed by atoms with Crippen LogP contribution in [0.2, 0.25) is 0 Å². The monoisotopic (exact) mass is 184 g/mol. The quantitative estimate of drug-likeness (QED) is 0.652. The maximum atomic E-state index is 5.41. The van der Waals surface area contributed by atoms with Gasteiger partial charge in [-0.15, -0.1) is 0 Å². The van der Waals surface area contributed by atoms with Crippen LogP contribution in [-0.4, -0.2) is 13.2 Å². The topological polar surface area (TPSA) is 9.23 Å². The van der Waals surface area contributed by atoms with Gasteiger partial charge in [0.25, 0.3) is 0 Å². The maximum absolute atomic E-state index is 5.41. The molecule has 13 heavy (non-hydrogen) atoms. The molecule has 0 aromatic heterocycles. The lowest BCUT2D eigenvalue weighted by atomic mass is 9.65. The molecule has 1 heterocycles. The van der Waals surface area contributed by atoms with E-state index in [2.05, 4.69) is 34.6 Å². The van der Waals surface area contributed by atoms with Crippen LogP contribution in [0.25, 0.3) is 0 Å². The molecule has 0 bridgehead atoms. The molecule has 0 aromatic carbocycles. The van der Waals surface area contributed by atoms with E-state index in [-0.39, 0.29) is 0 Å². The molecule has 0 saturated carbocycles. The van der Waals surface area contributed by atoms with Crippen molar-refractivity contribution >= 4 is 0 Å². The van der Waals surface area contributed by atoms with Crippen molar-refractivity contribution in [1.29, 1.82) is 0 Å². The van der Waals surface area contributed by atoms with Crippen molar-refractivity contribution in [3.63, 3.8) is 0 Å². The molecule has 0 aliphatic carbocycles. The smallest absolute Gasteiger partial charge is 0.0547 e. The van der Waals surface area contributed by atoms with Crippen molar-refractivity contribution in [2.75, 3.05) is 13.2 Å². The molecule has 1 rings (SSSR count). The van der Waals surface area contributed by atoms with Gasteiger partial charge in [-0.25, -0.2) is 0 Å². The van der Waals surface area contributed by atoms with Crippen molar-refractivity contribution in [2.45, 2.75) is 47.5 Å². The Balaban J connectivity index is 2.60. The number of hydrogen-bond acceptors (Lipinski definition) is 1. The van der Waals surface area contributed by atoms with Gasteiger partial charge in [0.2, 0.25) is 0 Å². The van der Waals surface area contributed by atoms with Crippen LogP contribution in [0.3, 0.4) is 0 Å². The molecule has 1 nitrogen and oxygen atoms in total. The first-order valence-electron chi connectivity index (χ1n) is 5.47. The molecule has 0 N–H and O–H groups in total. The molecular weight excluding hydrogens is 160 g/mol. The lowest BCUT2D eigenvalue weighted by Gasteiger charge is -2.49. The van der Waals surface area contributed by atoms with Gasteiger partial charge in [-0.1, -0.05) is 41.0 Å². The average Bonchev–Trinajstić information content (AvgIpc) is 1.93. The van der Waals surface area contributed by atoms with Crippen molar-refractivity contribution in [3.8, 4) is 0 Å². The van der Waals surface area contributed by atoms with E-state index in [4.69, 9.17) is 4.74 Å². The molecule has 0 aromatic rings. The molecule has 0 radical (unpaired) electrons. The van der Waals surface area contributed by atoms with Crippen LogP contribution in [-0.2, 0) is 4.74 Å². The summed E-state index contributed by atoms with van der Waals surface area (Å²) in [6, 6.07) is 0. The van der Waals surface area contributed by atoms with Crippen LogP contribution in [0.15, 0.2) is 0 Å². The van der Waals surface area contributed by atoms with Gasteiger partial charge < -0.3 is 4.74 Å².